The molecule has 1 unspecified atom stereocenters. The van der Waals surface area contributed by atoms with Crippen LogP contribution in [0.5, 0.6) is 0 Å². The van der Waals surface area contributed by atoms with Crippen molar-refractivity contribution in [3.63, 3.8) is 0 Å². The van der Waals surface area contributed by atoms with Gasteiger partial charge in [0.2, 0.25) is 0 Å². The Bertz CT molecular complexity index is 108. The Kier molecular flexibility index (Phi) is 2.65. The van der Waals surface area contributed by atoms with Crippen molar-refractivity contribution in [3.8, 4) is 0 Å². The molecule has 0 amide bonds. The molecule has 2 atom stereocenters. The van der Waals surface area contributed by atoms with Crippen molar-refractivity contribution in [2.45, 2.75) is 19.1 Å². The lowest BCUT2D eigenvalue weighted by molar-refractivity contribution is -0.0694. The molecule has 0 aromatic rings. The lowest BCUT2D eigenvalue weighted by atomic mass is 10.2. The van der Waals surface area contributed by atoms with Crippen LogP contribution in [0.4, 0.5) is 0 Å². The van der Waals surface area contributed by atoms with E-state index < -0.39 is 0 Å². The molecule has 1 rings (SSSR count). The van der Waals surface area contributed by atoms with Crippen molar-refractivity contribution in [2.75, 3.05) is 26.8 Å². The average molecular weight is 145 g/mol. The zero-order chi connectivity index (χ0) is 7.56. The summed E-state index contributed by atoms with van der Waals surface area (Å²) < 4.78 is 5.32. The van der Waals surface area contributed by atoms with Gasteiger partial charge in [0.25, 0.3) is 0 Å². The monoisotopic (exact) mass is 145 g/mol. The molecule has 0 radical (unpaired) electrons. The quantitative estimate of drug-likeness (QED) is 0.550. The summed E-state index contributed by atoms with van der Waals surface area (Å²) in [5, 5.41) is 8.74. The molecule has 0 aromatic carbocycles. The number of likely N-dealkylation sites (N-methyl/N-ethyl adjacent to an activating group) is 1. The van der Waals surface area contributed by atoms with E-state index in [-0.39, 0.29) is 12.7 Å². The number of aliphatic hydroxyl groups excluding tert-OH is 1. The number of hydrogen-bond acceptors (Lipinski definition) is 3. The standard InChI is InChI=1S/C7H15NO2/c1-6-5-10-7(4-9)3-8(6)2/h6-7,9H,3-5H2,1-2H3/t6-,7?/m1/s1. The number of ether oxygens (including phenoxy) is 1. The molecule has 10 heavy (non-hydrogen) atoms. The molecule has 60 valence electrons. The fraction of sp³-hybridized carbons (Fsp3) is 1.00. The zero-order valence-corrected chi connectivity index (χ0v) is 6.58. The smallest absolute Gasteiger partial charge is 0.0933 e. The van der Waals surface area contributed by atoms with Gasteiger partial charge in [0.15, 0.2) is 0 Å². The van der Waals surface area contributed by atoms with E-state index in [9.17, 15) is 0 Å². The van der Waals surface area contributed by atoms with Crippen LogP contribution in [-0.4, -0.2) is 49.0 Å². The number of morpholine rings is 1. The molecule has 1 saturated heterocycles. The van der Waals surface area contributed by atoms with Crippen molar-refractivity contribution in [1.82, 2.24) is 4.90 Å². The molecular formula is C7H15NO2. The van der Waals surface area contributed by atoms with Gasteiger partial charge in [-0.05, 0) is 14.0 Å². The maximum atomic E-state index is 8.74. The summed E-state index contributed by atoms with van der Waals surface area (Å²) in [7, 11) is 2.05. The van der Waals surface area contributed by atoms with Gasteiger partial charge in [0, 0.05) is 12.6 Å². The fourth-order valence-corrected chi connectivity index (χ4v) is 1.07. The van der Waals surface area contributed by atoms with Crippen LogP contribution in [-0.2, 0) is 4.74 Å². The Labute approximate surface area is 61.6 Å². The number of hydrogen-bond donors (Lipinski definition) is 1. The van der Waals surface area contributed by atoms with Crippen LogP contribution < -0.4 is 0 Å². The molecule has 1 heterocycles. The first-order chi connectivity index (χ1) is 4.74. The highest BCUT2D eigenvalue weighted by atomic mass is 16.5. The molecule has 0 spiro atoms. The van der Waals surface area contributed by atoms with Gasteiger partial charge in [-0.15, -0.1) is 0 Å². The first kappa shape index (κ1) is 7.98. The molecule has 1 fully saturated rings. The summed E-state index contributed by atoms with van der Waals surface area (Å²) in [5.74, 6) is 0. The minimum absolute atomic E-state index is 0.0289. The molecule has 0 aromatic heterocycles. The molecular weight excluding hydrogens is 130 g/mol. The van der Waals surface area contributed by atoms with E-state index in [1.807, 2.05) is 0 Å². The first-order valence-corrected chi connectivity index (χ1v) is 3.66. The molecule has 3 heteroatoms. The van der Waals surface area contributed by atoms with E-state index in [0.717, 1.165) is 13.2 Å². The number of aliphatic hydroxyl groups is 1. The Morgan fingerprint density at radius 3 is 2.90 bits per heavy atom. The molecule has 1 aliphatic rings. The summed E-state index contributed by atoms with van der Waals surface area (Å²) in [6.07, 6.45) is 0.0289. The summed E-state index contributed by atoms with van der Waals surface area (Å²) in [6.45, 7) is 3.84. The zero-order valence-electron chi connectivity index (χ0n) is 6.58. The maximum Gasteiger partial charge on any atom is 0.0933 e. The van der Waals surface area contributed by atoms with Crippen LogP contribution in [0.3, 0.4) is 0 Å². The molecule has 1 aliphatic heterocycles. The largest absolute Gasteiger partial charge is 0.394 e. The fourth-order valence-electron chi connectivity index (χ4n) is 1.07. The SMILES string of the molecule is C[C@@H]1COC(CO)CN1C. The van der Waals surface area contributed by atoms with E-state index in [4.69, 9.17) is 9.84 Å². The van der Waals surface area contributed by atoms with E-state index in [1.54, 1.807) is 0 Å². The Morgan fingerprint density at radius 2 is 2.40 bits per heavy atom. The van der Waals surface area contributed by atoms with Gasteiger partial charge >= 0.3 is 0 Å². The third-order valence-corrected chi connectivity index (χ3v) is 2.02. The molecule has 0 aliphatic carbocycles. The summed E-state index contributed by atoms with van der Waals surface area (Å²) in [6, 6.07) is 0.489. The van der Waals surface area contributed by atoms with Crippen molar-refractivity contribution in [2.24, 2.45) is 0 Å². The van der Waals surface area contributed by atoms with Crippen LogP contribution >= 0.6 is 0 Å². The molecule has 0 saturated carbocycles. The van der Waals surface area contributed by atoms with E-state index >= 15 is 0 Å². The minimum atomic E-state index is 0.0289. The van der Waals surface area contributed by atoms with Crippen molar-refractivity contribution in [3.05, 3.63) is 0 Å². The minimum Gasteiger partial charge on any atom is -0.394 e. The van der Waals surface area contributed by atoms with Crippen LogP contribution in [0.25, 0.3) is 0 Å². The van der Waals surface area contributed by atoms with Gasteiger partial charge in [-0.25, -0.2) is 0 Å². The number of rotatable bonds is 1. The number of nitrogens with zero attached hydrogens (tertiary/aromatic N) is 1. The third kappa shape index (κ3) is 1.68. The predicted octanol–water partition coefficient (Wildman–Crippen LogP) is -0.302. The maximum absolute atomic E-state index is 8.74. The molecule has 3 nitrogen and oxygen atoms in total. The highest BCUT2D eigenvalue weighted by Crippen LogP contribution is 2.07. The van der Waals surface area contributed by atoms with E-state index in [0.29, 0.717) is 6.04 Å². The Morgan fingerprint density at radius 1 is 1.70 bits per heavy atom. The second-order valence-corrected chi connectivity index (χ2v) is 2.93. The van der Waals surface area contributed by atoms with Crippen molar-refractivity contribution in [1.29, 1.82) is 0 Å². The second kappa shape index (κ2) is 3.32. The topological polar surface area (TPSA) is 32.7 Å². The Balaban J connectivity index is 2.33. The summed E-state index contributed by atoms with van der Waals surface area (Å²) in [4.78, 5) is 2.20. The lowest BCUT2D eigenvalue weighted by Crippen LogP contribution is -2.47. The van der Waals surface area contributed by atoms with E-state index in [2.05, 4.69) is 18.9 Å². The molecule has 1 N–H and O–H groups in total. The van der Waals surface area contributed by atoms with Crippen LogP contribution in [0.15, 0.2) is 0 Å². The highest BCUT2D eigenvalue weighted by Gasteiger charge is 2.21. The summed E-state index contributed by atoms with van der Waals surface area (Å²) in [5.41, 5.74) is 0. The Hall–Kier alpha value is -0.120. The van der Waals surface area contributed by atoms with Crippen LogP contribution in [0.2, 0.25) is 0 Å². The first-order valence-electron chi connectivity index (χ1n) is 3.66. The van der Waals surface area contributed by atoms with Gasteiger partial charge < -0.3 is 9.84 Å². The van der Waals surface area contributed by atoms with E-state index in [1.165, 1.54) is 0 Å². The second-order valence-electron chi connectivity index (χ2n) is 2.93. The van der Waals surface area contributed by atoms with Crippen molar-refractivity contribution >= 4 is 0 Å². The van der Waals surface area contributed by atoms with Gasteiger partial charge in [-0.2, -0.15) is 0 Å². The third-order valence-electron chi connectivity index (χ3n) is 2.02. The van der Waals surface area contributed by atoms with Gasteiger partial charge in [-0.3, -0.25) is 4.90 Å². The average Bonchev–Trinajstić information content (AvgIpc) is 1.95. The highest BCUT2D eigenvalue weighted by molar-refractivity contribution is 4.73. The lowest BCUT2D eigenvalue weighted by Gasteiger charge is -2.34. The van der Waals surface area contributed by atoms with Gasteiger partial charge in [0.1, 0.15) is 0 Å². The van der Waals surface area contributed by atoms with Crippen LogP contribution in [0, 0.1) is 0 Å². The van der Waals surface area contributed by atoms with Gasteiger partial charge in [-0.1, -0.05) is 0 Å². The van der Waals surface area contributed by atoms with Gasteiger partial charge in [0.05, 0.1) is 19.3 Å². The normalized spacial score (nSPS) is 36.3. The summed E-state index contributed by atoms with van der Waals surface area (Å²) >= 11 is 0. The predicted molar refractivity (Wildman–Crippen MR) is 38.9 cm³/mol. The van der Waals surface area contributed by atoms with Crippen molar-refractivity contribution < 1.29 is 9.84 Å². The van der Waals surface area contributed by atoms with Crippen LogP contribution in [0.1, 0.15) is 6.92 Å². The molecule has 0 bridgehead atoms.